The molecule has 0 unspecified atom stereocenters. The SMILES string of the molecule is COCCN(c1cnc(CNC(C)(C)C)cn1)C(C)C. The number of methoxy groups -OCH3 is 1. The molecule has 0 aliphatic heterocycles. The van der Waals surface area contributed by atoms with Gasteiger partial charge in [0.2, 0.25) is 0 Å². The van der Waals surface area contributed by atoms with Gasteiger partial charge in [-0.3, -0.25) is 4.98 Å². The summed E-state index contributed by atoms with van der Waals surface area (Å²) in [4.78, 5) is 11.2. The Kier molecular flexibility index (Phi) is 6.36. The lowest BCUT2D eigenvalue weighted by atomic mass is 10.1. The molecule has 0 atom stereocenters. The van der Waals surface area contributed by atoms with E-state index in [-0.39, 0.29) is 5.54 Å². The summed E-state index contributed by atoms with van der Waals surface area (Å²) in [6.07, 6.45) is 3.69. The zero-order chi connectivity index (χ0) is 15.2. The summed E-state index contributed by atoms with van der Waals surface area (Å²) >= 11 is 0. The number of rotatable bonds is 7. The highest BCUT2D eigenvalue weighted by molar-refractivity contribution is 5.36. The molecular formula is C15H28N4O. The lowest BCUT2D eigenvalue weighted by molar-refractivity contribution is 0.203. The van der Waals surface area contributed by atoms with Crippen molar-refractivity contribution in [2.75, 3.05) is 25.2 Å². The number of anilines is 1. The Morgan fingerprint density at radius 1 is 1.25 bits per heavy atom. The van der Waals surface area contributed by atoms with Crippen LogP contribution < -0.4 is 10.2 Å². The molecule has 5 heteroatoms. The van der Waals surface area contributed by atoms with E-state index in [1.165, 1.54) is 0 Å². The molecule has 0 aliphatic rings. The van der Waals surface area contributed by atoms with Crippen LogP contribution in [0, 0.1) is 0 Å². The van der Waals surface area contributed by atoms with Crippen LogP contribution in [-0.4, -0.2) is 41.8 Å². The van der Waals surface area contributed by atoms with Crippen LogP contribution in [0.15, 0.2) is 12.4 Å². The molecule has 1 aromatic rings. The molecule has 0 saturated heterocycles. The van der Waals surface area contributed by atoms with Gasteiger partial charge in [-0.2, -0.15) is 0 Å². The molecule has 114 valence electrons. The van der Waals surface area contributed by atoms with E-state index in [9.17, 15) is 0 Å². The van der Waals surface area contributed by atoms with Crippen molar-refractivity contribution < 1.29 is 4.74 Å². The van der Waals surface area contributed by atoms with Crippen LogP contribution in [0.1, 0.15) is 40.3 Å². The van der Waals surface area contributed by atoms with Crippen LogP contribution in [0.25, 0.3) is 0 Å². The fraction of sp³-hybridized carbons (Fsp3) is 0.733. The lowest BCUT2D eigenvalue weighted by Gasteiger charge is -2.27. The quantitative estimate of drug-likeness (QED) is 0.830. The molecule has 0 amide bonds. The van der Waals surface area contributed by atoms with E-state index in [2.05, 4.69) is 54.8 Å². The van der Waals surface area contributed by atoms with Crippen molar-refractivity contribution >= 4 is 5.82 Å². The monoisotopic (exact) mass is 280 g/mol. The highest BCUT2D eigenvalue weighted by Crippen LogP contribution is 2.12. The normalized spacial score (nSPS) is 11.9. The van der Waals surface area contributed by atoms with Crippen LogP contribution in [0.5, 0.6) is 0 Å². The zero-order valence-electron chi connectivity index (χ0n) is 13.6. The standard InChI is InChI=1S/C15H28N4O/c1-12(2)19(7-8-20-6)14-11-16-13(9-17-14)10-18-15(3,4)5/h9,11-12,18H,7-8,10H2,1-6H3. The average molecular weight is 280 g/mol. The first-order valence-electron chi connectivity index (χ1n) is 7.15. The van der Waals surface area contributed by atoms with Gasteiger partial charge in [0.15, 0.2) is 0 Å². The van der Waals surface area contributed by atoms with Crippen LogP contribution in [0.3, 0.4) is 0 Å². The summed E-state index contributed by atoms with van der Waals surface area (Å²) in [5, 5.41) is 3.41. The van der Waals surface area contributed by atoms with Crippen molar-refractivity contribution in [1.29, 1.82) is 0 Å². The first kappa shape index (κ1) is 16.9. The Hall–Kier alpha value is -1.20. The summed E-state index contributed by atoms with van der Waals surface area (Å²) in [5.74, 6) is 0.900. The molecule has 0 saturated carbocycles. The second kappa shape index (κ2) is 7.55. The molecule has 1 aromatic heterocycles. The first-order valence-corrected chi connectivity index (χ1v) is 7.15. The topological polar surface area (TPSA) is 50.3 Å². The molecule has 0 radical (unpaired) electrons. The Labute approximate surface area is 122 Å². The van der Waals surface area contributed by atoms with E-state index in [1.807, 2.05) is 12.4 Å². The second-order valence-corrected chi connectivity index (χ2v) is 6.25. The Bertz CT molecular complexity index is 384. The van der Waals surface area contributed by atoms with Crippen molar-refractivity contribution in [3.05, 3.63) is 18.1 Å². The van der Waals surface area contributed by atoms with Crippen LogP contribution >= 0.6 is 0 Å². The Balaban J connectivity index is 2.68. The van der Waals surface area contributed by atoms with E-state index in [4.69, 9.17) is 4.74 Å². The van der Waals surface area contributed by atoms with Gasteiger partial charge in [-0.25, -0.2) is 4.98 Å². The van der Waals surface area contributed by atoms with Gasteiger partial charge < -0.3 is 15.0 Å². The number of hydrogen-bond acceptors (Lipinski definition) is 5. The van der Waals surface area contributed by atoms with Crippen LogP contribution in [-0.2, 0) is 11.3 Å². The minimum absolute atomic E-state index is 0.0861. The highest BCUT2D eigenvalue weighted by atomic mass is 16.5. The van der Waals surface area contributed by atoms with E-state index in [0.717, 1.165) is 24.6 Å². The van der Waals surface area contributed by atoms with E-state index < -0.39 is 0 Å². The van der Waals surface area contributed by atoms with E-state index in [0.29, 0.717) is 12.6 Å². The number of ether oxygens (including phenoxy) is 1. The Morgan fingerprint density at radius 2 is 1.95 bits per heavy atom. The summed E-state index contributed by atoms with van der Waals surface area (Å²) in [7, 11) is 1.71. The van der Waals surface area contributed by atoms with Crippen LogP contribution in [0.2, 0.25) is 0 Å². The molecule has 1 heterocycles. The number of aromatic nitrogens is 2. The van der Waals surface area contributed by atoms with Gasteiger partial charge in [0, 0.05) is 31.8 Å². The summed E-state index contributed by atoms with van der Waals surface area (Å²) in [6.45, 7) is 12.9. The smallest absolute Gasteiger partial charge is 0.147 e. The molecule has 5 nitrogen and oxygen atoms in total. The summed E-state index contributed by atoms with van der Waals surface area (Å²) in [6, 6.07) is 0.373. The van der Waals surface area contributed by atoms with Gasteiger partial charge >= 0.3 is 0 Å². The second-order valence-electron chi connectivity index (χ2n) is 6.25. The third-order valence-electron chi connectivity index (χ3n) is 2.95. The van der Waals surface area contributed by atoms with Crippen LogP contribution in [0.4, 0.5) is 5.82 Å². The van der Waals surface area contributed by atoms with Crippen molar-refractivity contribution in [2.24, 2.45) is 0 Å². The molecule has 20 heavy (non-hydrogen) atoms. The van der Waals surface area contributed by atoms with Gasteiger partial charge in [-0.05, 0) is 34.6 Å². The van der Waals surface area contributed by atoms with Gasteiger partial charge in [0.25, 0.3) is 0 Å². The minimum Gasteiger partial charge on any atom is -0.383 e. The maximum atomic E-state index is 5.14. The summed E-state index contributed by atoms with van der Waals surface area (Å²) in [5.41, 5.74) is 1.04. The molecule has 0 aromatic carbocycles. The molecule has 0 aliphatic carbocycles. The average Bonchev–Trinajstić information content (AvgIpc) is 2.37. The third-order valence-corrected chi connectivity index (χ3v) is 2.95. The van der Waals surface area contributed by atoms with Gasteiger partial charge in [-0.1, -0.05) is 0 Å². The summed E-state index contributed by atoms with van der Waals surface area (Å²) < 4.78 is 5.14. The fourth-order valence-corrected chi connectivity index (χ4v) is 1.77. The van der Waals surface area contributed by atoms with Crippen molar-refractivity contribution in [1.82, 2.24) is 15.3 Å². The van der Waals surface area contributed by atoms with Gasteiger partial charge in [0.05, 0.1) is 24.7 Å². The number of hydrogen-bond donors (Lipinski definition) is 1. The molecule has 1 N–H and O–H groups in total. The molecule has 0 fully saturated rings. The number of nitrogens with zero attached hydrogens (tertiary/aromatic N) is 3. The predicted octanol–water partition coefficient (Wildman–Crippen LogP) is 2.23. The number of nitrogens with one attached hydrogen (secondary N) is 1. The van der Waals surface area contributed by atoms with Crippen molar-refractivity contribution in [3.8, 4) is 0 Å². The fourth-order valence-electron chi connectivity index (χ4n) is 1.77. The van der Waals surface area contributed by atoms with E-state index >= 15 is 0 Å². The largest absolute Gasteiger partial charge is 0.383 e. The molecular weight excluding hydrogens is 252 g/mol. The lowest BCUT2D eigenvalue weighted by Crippen LogP contribution is -2.36. The van der Waals surface area contributed by atoms with E-state index in [1.54, 1.807) is 7.11 Å². The predicted molar refractivity (Wildman–Crippen MR) is 83.0 cm³/mol. The minimum atomic E-state index is 0.0861. The molecule has 1 rings (SSSR count). The Morgan fingerprint density at radius 3 is 2.40 bits per heavy atom. The third kappa shape index (κ3) is 5.84. The maximum Gasteiger partial charge on any atom is 0.147 e. The van der Waals surface area contributed by atoms with Gasteiger partial charge in [-0.15, -0.1) is 0 Å². The van der Waals surface area contributed by atoms with Crippen molar-refractivity contribution in [3.63, 3.8) is 0 Å². The first-order chi connectivity index (χ1) is 9.33. The van der Waals surface area contributed by atoms with Gasteiger partial charge in [0.1, 0.15) is 5.82 Å². The highest BCUT2D eigenvalue weighted by Gasteiger charge is 2.13. The maximum absolute atomic E-state index is 5.14. The zero-order valence-corrected chi connectivity index (χ0v) is 13.6. The molecule has 0 bridgehead atoms. The van der Waals surface area contributed by atoms with Crippen molar-refractivity contribution in [2.45, 2.75) is 52.7 Å². The molecule has 0 spiro atoms.